The number of nitrogens with zero attached hydrogens (tertiary/aromatic N) is 1. The zero-order chi connectivity index (χ0) is 21.5. The highest BCUT2D eigenvalue weighted by molar-refractivity contribution is 7.85. The molecule has 28 heavy (non-hydrogen) atoms. The molecular formula is C20H28FNO5S. The molecule has 0 bridgehead atoms. The largest absolute Gasteiger partial charge is 0.443 e. The van der Waals surface area contributed by atoms with Crippen molar-refractivity contribution in [3.63, 3.8) is 0 Å². The van der Waals surface area contributed by atoms with Crippen molar-refractivity contribution in [1.29, 1.82) is 0 Å². The minimum Gasteiger partial charge on any atom is -0.443 e. The zero-order valence-corrected chi connectivity index (χ0v) is 18.2. The summed E-state index contributed by atoms with van der Waals surface area (Å²) in [6, 6.07) is 4.27. The number of rotatable bonds is 4. The SMILES string of the molecule is CC(C)(C)Cc1cc(F)cc2cc(COS(C)(=O)=O)n(C(=O)OC(C)(C)C)c12. The molecule has 0 saturated carbocycles. The number of hydrogen-bond acceptors (Lipinski definition) is 5. The number of carbonyl (C=O) groups is 1. The summed E-state index contributed by atoms with van der Waals surface area (Å²) < 4.78 is 48.7. The monoisotopic (exact) mass is 413 g/mol. The molecular weight excluding hydrogens is 385 g/mol. The van der Waals surface area contributed by atoms with Gasteiger partial charge in [-0.15, -0.1) is 0 Å². The van der Waals surface area contributed by atoms with E-state index in [1.165, 1.54) is 16.7 Å². The van der Waals surface area contributed by atoms with Gasteiger partial charge in [-0.25, -0.2) is 13.8 Å². The molecule has 0 atom stereocenters. The fraction of sp³-hybridized carbons (Fsp3) is 0.550. The summed E-state index contributed by atoms with van der Waals surface area (Å²) >= 11 is 0. The van der Waals surface area contributed by atoms with Crippen molar-refractivity contribution >= 4 is 27.1 Å². The lowest BCUT2D eigenvalue weighted by Crippen LogP contribution is -2.28. The zero-order valence-electron chi connectivity index (χ0n) is 17.4. The lowest BCUT2D eigenvalue weighted by atomic mass is 9.87. The van der Waals surface area contributed by atoms with Gasteiger partial charge in [0.25, 0.3) is 10.1 Å². The smallest absolute Gasteiger partial charge is 0.419 e. The first-order chi connectivity index (χ1) is 12.6. The van der Waals surface area contributed by atoms with Crippen LogP contribution >= 0.6 is 0 Å². The van der Waals surface area contributed by atoms with E-state index in [-0.39, 0.29) is 17.7 Å². The maximum Gasteiger partial charge on any atom is 0.419 e. The van der Waals surface area contributed by atoms with Gasteiger partial charge in [0.05, 0.1) is 17.5 Å². The van der Waals surface area contributed by atoms with E-state index in [0.717, 1.165) is 6.26 Å². The topological polar surface area (TPSA) is 74.6 Å². The predicted octanol–water partition coefficient (Wildman–Crippen LogP) is 4.63. The highest BCUT2D eigenvalue weighted by atomic mass is 32.2. The third kappa shape index (κ3) is 6.04. The van der Waals surface area contributed by atoms with Crippen LogP contribution in [0.1, 0.15) is 52.8 Å². The average molecular weight is 414 g/mol. The van der Waals surface area contributed by atoms with Gasteiger partial charge in [0.2, 0.25) is 0 Å². The quantitative estimate of drug-likeness (QED) is 0.683. The Hall–Kier alpha value is -1.93. The van der Waals surface area contributed by atoms with Crippen molar-refractivity contribution in [2.75, 3.05) is 6.26 Å². The third-order valence-electron chi connectivity index (χ3n) is 3.73. The minimum atomic E-state index is -3.72. The third-order valence-corrected chi connectivity index (χ3v) is 4.28. The van der Waals surface area contributed by atoms with E-state index < -0.39 is 27.6 Å². The Morgan fingerprint density at radius 2 is 1.71 bits per heavy atom. The first-order valence-electron chi connectivity index (χ1n) is 8.96. The van der Waals surface area contributed by atoms with Gasteiger partial charge >= 0.3 is 6.09 Å². The number of hydrogen-bond donors (Lipinski definition) is 0. The van der Waals surface area contributed by atoms with E-state index in [9.17, 15) is 17.6 Å². The predicted molar refractivity (Wildman–Crippen MR) is 106 cm³/mol. The van der Waals surface area contributed by atoms with E-state index in [0.29, 0.717) is 22.9 Å². The van der Waals surface area contributed by atoms with Gasteiger partial charge in [-0.2, -0.15) is 8.42 Å². The Kier molecular flexibility index (Phi) is 5.97. The number of halogens is 1. The molecule has 1 heterocycles. The van der Waals surface area contributed by atoms with Crippen molar-refractivity contribution < 1.29 is 26.5 Å². The molecule has 0 spiro atoms. The van der Waals surface area contributed by atoms with Crippen molar-refractivity contribution in [3.8, 4) is 0 Å². The van der Waals surface area contributed by atoms with Crippen molar-refractivity contribution in [2.24, 2.45) is 5.41 Å². The average Bonchev–Trinajstić information content (AvgIpc) is 2.79. The van der Waals surface area contributed by atoms with Crippen molar-refractivity contribution in [3.05, 3.63) is 35.3 Å². The highest BCUT2D eigenvalue weighted by Crippen LogP contribution is 2.31. The maximum atomic E-state index is 14.2. The van der Waals surface area contributed by atoms with Crippen LogP contribution in [0.15, 0.2) is 18.2 Å². The number of carbonyl (C=O) groups excluding carboxylic acids is 1. The molecule has 2 rings (SSSR count). The number of ether oxygens (including phenoxy) is 1. The number of aromatic nitrogens is 1. The van der Waals surface area contributed by atoms with Crippen LogP contribution in [-0.2, 0) is 32.1 Å². The maximum absolute atomic E-state index is 14.2. The lowest BCUT2D eigenvalue weighted by Gasteiger charge is -2.23. The van der Waals surface area contributed by atoms with Crippen LogP contribution in [0.4, 0.5) is 9.18 Å². The number of fused-ring (bicyclic) bond motifs is 1. The Morgan fingerprint density at radius 3 is 2.21 bits per heavy atom. The molecule has 0 N–H and O–H groups in total. The summed E-state index contributed by atoms with van der Waals surface area (Å²) in [6.45, 7) is 10.9. The normalized spacial score (nSPS) is 13.1. The van der Waals surface area contributed by atoms with Crippen LogP contribution in [0.2, 0.25) is 0 Å². The molecule has 8 heteroatoms. The Labute approximate surface area is 165 Å². The van der Waals surface area contributed by atoms with E-state index in [1.807, 2.05) is 20.8 Å². The number of benzene rings is 1. The minimum absolute atomic E-state index is 0.160. The van der Waals surface area contributed by atoms with Crippen molar-refractivity contribution in [2.45, 2.75) is 60.2 Å². The second-order valence-electron chi connectivity index (χ2n) is 9.16. The van der Waals surface area contributed by atoms with Gasteiger partial charge in [0.15, 0.2) is 0 Å². The lowest BCUT2D eigenvalue weighted by molar-refractivity contribution is 0.0534. The van der Waals surface area contributed by atoms with E-state index in [4.69, 9.17) is 8.92 Å². The molecule has 2 aromatic rings. The van der Waals surface area contributed by atoms with Crippen LogP contribution in [0, 0.1) is 11.2 Å². The first kappa shape index (κ1) is 22.4. The summed E-state index contributed by atoms with van der Waals surface area (Å²) in [4.78, 5) is 12.9. The molecule has 0 amide bonds. The molecule has 6 nitrogen and oxygen atoms in total. The van der Waals surface area contributed by atoms with Crippen LogP contribution in [-0.4, -0.2) is 30.9 Å². The molecule has 0 aliphatic rings. The van der Waals surface area contributed by atoms with Crippen LogP contribution in [0.5, 0.6) is 0 Å². The molecule has 0 unspecified atom stereocenters. The second kappa shape index (κ2) is 7.48. The summed E-state index contributed by atoms with van der Waals surface area (Å²) in [7, 11) is -3.72. The Bertz CT molecular complexity index is 994. The summed E-state index contributed by atoms with van der Waals surface area (Å²) in [5.41, 5.74) is 0.493. The van der Waals surface area contributed by atoms with Gasteiger partial charge in [-0.3, -0.25) is 4.18 Å². The Balaban J connectivity index is 2.71. The highest BCUT2D eigenvalue weighted by Gasteiger charge is 2.26. The van der Waals surface area contributed by atoms with Gasteiger partial charge in [-0.1, -0.05) is 20.8 Å². The summed E-state index contributed by atoms with van der Waals surface area (Å²) in [5, 5.41) is 0.484. The van der Waals surface area contributed by atoms with Gasteiger partial charge in [0.1, 0.15) is 18.0 Å². The van der Waals surface area contributed by atoms with Gasteiger partial charge in [0, 0.05) is 5.39 Å². The van der Waals surface area contributed by atoms with Crippen LogP contribution < -0.4 is 0 Å². The second-order valence-corrected chi connectivity index (χ2v) is 10.8. The fourth-order valence-electron chi connectivity index (χ4n) is 2.95. The molecule has 0 aliphatic carbocycles. The van der Waals surface area contributed by atoms with E-state index >= 15 is 0 Å². The van der Waals surface area contributed by atoms with E-state index in [1.54, 1.807) is 26.8 Å². The van der Waals surface area contributed by atoms with Crippen LogP contribution in [0.3, 0.4) is 0 Å². The molecule has 1 aromatic heterocycles. The standard InChI is InChI=1S/C20H28FNO5S/c1-19(2,3)11-14-9-15(21)8-13-10-16(12-26-28(7,24)25)22(17(13)14)18(23)27-20(4,5)6/h8-10H,11-12H2,1-7H3. The first-order valence-corrected chi connectivity index (χ1v) is 10.8. The Morgan fingerprint density at radius 1 is 1.11 bits per heavy atom. The van der Waals surface area contributed by atoms with Gasteiger partial charge < -0.3 is 4.74 Å². The summed E-state index contributed by atoms with van der Waals surface area (Å²) in [6.07, 6.45) is 0.773. The van der Waals surface area contributed by atoms with Crippen molar-refractivity contribution in [1.82, 2.24) is 4.57 Å². The fourth-order valence-corrected chi connectivity index (χ4v) is 3.28. The molecule has 0 aliphatic heterocycles. The van der Waals surface area contributed by atoms with Crippen LogP contribution in [0.25, 0.3) is 10.9 Å². The molecule has 0 saturated heterocycles. The molecule has 0 fully saturated rings. The van der Waals surface area contributed by atoms with Gasteiger partial charge in [-0.05, 0) is 56.4 Å². The molecule has 156 valence electrons. The molecule has 0 radical (unpaired) electrons. The van der Waals surface area contributed by atoms with E-state index in [2.05, 4.69) is 0 Å². The molecule has 1 aromatic carbocycles. The summed E-state index contributed by atoms with van der Waals surface area (Å²) in [5.74, 6) is -0.427.